The van der Waals surface area contributed by atoms with Gasteiger partial charge in [-0.25, -0.2) is 17.6 Å². The summed E-state index contributed by atoms with van der Waals surface area (Å²) in [6.45, 7) is 1.88. The predicted molar refractivity (Wildman–Crippen MR) is 109 cm³/mol. The van der Waals surface area contributed by atoms with Gasteiger partial charge in [-0.05, 0) is 58.7 Å². The summed E-state index contributed by atoms with van der Waals surface area (Å²) >= 11 is -0.136. The van der Waals surface area contributed by atoms with Crippen molar-refractivity contribution in [1.29, 1.82) is 0 Å². The van der Waals surface area contributed by atoms with Crippen molar-refractivity contribution in [1.82, 2.24) is 0 Å². The number of allylic oxidation sites excluding steroid dienone is 1. The Balaban J connectivity index is 1.90. The van der Waals surface area contributed by atoms with Crippen LogP contribution >= 0.6 is 20.7 Å². The number of hydrogen-bond donors (Lipinski definition) is 1. The largest absolute Gasteiger partial charge is 0.463 e. The first-order chi connectivity index (χ1) is 12.4. The number of rotatable bonds is 6. The summed E-state index contributed by atoms with van der Waals surface area (Å²) < 4.78 is 49.6. The molecular formula is C18H21FINO4S. The van der Waals surface area contributed by atoms with Crippen molar-refractivity contribution in [2.75, 3.05) is 15.8 Å². The summed E-state index contributed by atoms with van der Waals surface area (Å²) in [5, 5.41) is -0.950. The van der Waals surface area contributed by atoms with E-state index in [0.717, 1.165) is 14.4 Å². The highest BCUT2D eigenvalue weighted by molar-refractivity contribution is 14.2. The third-order valence-electron chi connectivity index (χ3n) is 4.36. The smallest absolute Gasteiger partial charge is 0.335 e. The highest BCUT2D eigenvalue weighted by Crippen LogP contribution is 2.32. The lowest BCUT2D eigenvalue weighted by molar-refractivity contribution is -0.138. The van der Waals surface area contributed by atoms with E-state index in [2.05, 4.69) is 4.72 Å². The quantitative estimate of drug-likeness (QED) is 0.374. The van der Waals surface area contributed by atoms with Crippen molar-refractivity contribution < 1.29 is 22.3 Å². The van der Waals surface area contributed by atoms with Crippen LogP contribution in [-0.4, -0.2) is 34.2 Å². The SMILES string of the molecule is CCOC(=O)C1=CCCC[C@@H]1S(=O)(=O)Nc1ccc(F)cc1C1=ICC1. The van der Waals surface area contributed by atoms with Crippen molar-refractivity contribution in [3.05, 3.63) is 41.2 Å². The minimum Gasteiger partial charge on any atom is -0.463 e. The van der Waals surface area contributed by atoms with E-state index >= 15 is 0 Å². The standard InChI is InChI=1S/C18H21FINO4S/c1-2-25-18(22)13-5-3-4-6-17(13)26(23,24)21-16-8-7-12(19)11-14(16)15-9-10-20-15/h5,7-8,11,17,21H,2-4,6,9-10H2,1H3/t17-/m0/s1. The van der Waals surface area contributed by atoms with Gasteiger partial charge in [0.2, 0.25) is 10.0 Å². The van der Waals surface area contributed by atoms with E-state index in [9.17, 15) is 17.6 Å². The lowest BCUT2D eigenvalue weighted by atomic mass is 9.99. The second kappa shape index (κ2) is 8.16. The number of hydrogen-bond acceptors (Lipinski definition) is 4. The Morgan fingerprint density at radius 3 is 2.85 bits per heavy atom. The van der Waals surface area contributed by atoms with Crippen LogP contribution < -0.4 is 4.72 Å². The fourth-order valence-electron chi connectivity index (χ4n) is 3.05. The molecule has 1 atom stereocenters. The number of halogens is 2. The molecule has 0 fully saturated rings. The Hall–Kier alpha value is -1.29. The highest BCUT2D eigenvalue weighted by atomic mass is 127. The van der Waals surface area contributed by atoms with Crippen LogP contribution in [0.5, 0.6) is 0 Å². The van der Waals surface area contributed by atoms with Gasteiger partial charge >= 0.3 is 5.97 Å². The molecular weight excluding hydrogens is 472 g/mol. The molecule has 142 valence electrons. The molecule has 1 aromatic carbocycles. The average molecular weight is 493 g/mol. The van der Waals surface area contributed by atoms with E-state index < -0.39 is 21.2 Å². The summed E-state index contributed by atoms with van der Waals surface area (Å²) in [5.74, 6) is -0.961. The van der Waals surface area contributed by atoms with Crippen LogP contribution in [0.1, 0.15) is 38.2 Å². The number of anilines is 1. The van der Waals surface area contributed by atoms with Gasteiger partial charge in [0.25, 0.3) is 0 Å². The minimum atomic E-state index is -3.84. The Morgan fingerprint density at radius 1 is 1.42 bits per heavy atom. The van der Waals surface area contributed by atoms with Gasteiger partial charge in [-0.2, -0.15) is 0 Å². The summed E-state index contributed by atoms with van der Waals surface area (Å²) in [7, 11) is -3.84. The van der Waals surface area contributed by atoms with Gasteiger partial charge in [-0.15, -0.1) is 20.7 Å². The topological polar surface area (TPSA) is 72.5 Å². The van der Waals surface area contributed by atoms with Gasteiger partial charge in [0.1, 0.15) is 11.1 Å². The Kier molecular flexibility index (Phi) is 6.11. The third-order valence-corrected chi connectivity index (χ3v) is 9.23. The van der Waals surface area contributed by atoms with E-state index in [1.807, 2.05) is 0 Å². The molecule has 0 unspecified atom stereocenters. The van der Waals surface area contributed by atoms with E-state index in [1.54, 1.807) is 13.0 Å². The molecule has 0 radical (unpaired) electrons. The zero-order valence-electron chi connectivity index (χ0n) is 14.4. The fraction of sp³-hybridized carbons (Fsp3) is 0.444. The molecule has 1 aliphatic heterocycles. The molecule has 2 aliphatic rings. The summed E-state index contributed by atoms with van der Waals surface area (Å²) in [4.78, 5) is 12.2. The number of benzene rings is 1. The maximum Gasteiger partial charge on any atom is 0.335 e. The lowest BCUT2D eigenvalue weighted by Gasteiger charge is -2.25. The molecule has 0 aromatic heterocycles. The van der Waals surface area contributed by atoms with Gasteiger partial charge in [-0.3, -0.25) is 4.72 Å². The van der Waals surface area contributed by atoms with Crippen LogP contribution in [0, 0.1) is 5.82 Å². The van der Waals surface area contributed by atoms with Gasteiger partial charge in [0.05, 0.1) is 17.9 Å². The zero-order chi connectivity index (χ0) is 18.7. The number of sulfonamides is 1. The van der Waals surface area contributed by atoms with Crippen LogP contribution in [-0.2, 0) is 19.6 Å². The first-order valence-corrected chi connectivity index (χ1v) is 12.7. The maximum atomic E-state index is 13.7. The second-order valence-corrected chi connectivity index (χ2v) is 11.1. The first-order valence-electron chi connectivity index (χ1n) is 8.56. The molecule has 1 aliphatic carbocycles. The van der Waals surface area contributed by atoms with Crippen molar-refractivity contribution in [2.24, 2.45) is 0 Å². The van der Waals surface area contributed by atoms with Crippen molar-refractivity contribution in [2.45, 2.75) is 37.9 Å². The summed E-state index contributed by atoms with van der Waals surface area (Å²) in [5.41, 5.74) is 1.25. The van der Waals surface area contributed by atoms with Gasteiger partial charge < -0.3 is 4.74 Å². The molecule has 0 saturated carbocycles. The minimum absolute atomic E-state index is 0.136. The molecule has 26 heavy (non-hydrogen) atoms. The Morgan fingerprint density at radius 2 is 2.19 bits per heavy atom. The molecule has 0 bridgehead atoms. The number of ether oxygens (including phenoxy) is 1. The van der Waals surface area contributed by atoms with Gasteiger partial charge in [0.15, 0.2) is 0 Å². The number of nitrogens with one attached hydrogen (secondary N) is 1. The molecule has 0 amide bonds. The Bertz CT molecular complexity index is 879. The molecule has 1 heterocycles. The van der Waals surface area contributed by atoms with Crippen molar-refractivity contribution in [3.8, 4) is 0 Å². The monoisotopic (exact) mass is 493 g/mol. The number of esters is 1. The fourth-order valence-corrected chi connectivity index (χ4v) is 6.62. The van der Waals surface area contributed by atoms with E-state index in [1.165, 1.54) is 18.2 Å². The van der Waals surface area contributed by atoms with Crippen LogP contribution in [0.25, 0.3) is 0 Å². The molecule has 1 aromatic rings. The van der Waals surface area contributed by atoms with E-state index in [-0.39, 0.29) is 38.7 Å². The Labute approximate surface area is 162 Å². The number of carbonyl (C=O) groups excluding carboxylic acids is 1. The molecule has 3 rings (SSSR count). The average Bonchev–Trinajstić information content (AvgIpc) is 2.56. The molecule has 8 heteroatoms. The molecule has 0 spiro atoms. The van der Waals surface area contributed by atoms with Crippen molar-refractivity contribution >= 4 is 45.9 Å². The lowest BCUT2D eigenvalue weighted by Crippen LogP contribution is -2.35. The van der Waals surface area contributed by atoms with Gasteiger partial charge in [0, 0.05) is 5.56 Å². The van der Waals surface area contributed by atoms with Crippen LogP contribution in [0.15, 0.2) is 29.8 Å². The zero-order valence-corrected chi connectivity index (χ0v) is 17.4. The summed E-state index contributed by atoms with van der Waals surface area (Å²) in [6, 6.07) is 4.12. The number of carbonyl (C=O) groups is 1. The molecule has 1 N–H and O–H groups in total. The van der Waals surface area contributed by atoms with Crippen molar-refractivity contribution in [3.63, 3.8) is 0 Å². The first kappa shape index (κ1) is 19.5. The van der Waals surface area contributed by atoms with Crippen LogP contribution in [0.2, 0.25) is 0 Å². The highest BCUT2D eigenvalue weighted by Gasteiger charge is 2.35. The number of alkyl halides is 1. The normalized spacial score (nSPS) is 20.2. The molecule has 0 saturated heterocycles. The van der Waals surface area contributed by atoms with Crippen LogP contribution in [0.4, 0.5) is 10.1 Å². The summed E-state index contributed by atoms with van der Waals surface area (Å²) in [6.07, 6.45) is 4.25. The van der Waals surface area contributed by atoms with E-state index in [0.29, 0.717) is 30.5 Å². The maximum absolute atomic E-state index is 13.7. The van der Waals surface area contributed by atoms with Crippen LogP contribution in [0.3, 0.4) is 0 Å². The molecule has 5 nitrogen and oxygen atoms in total. The second-order valence-electron chi connectivity index (χ2n) is 6.11. The van der Waals surface area contributed by atoms with E-state index in [4.69, 9.17) is 4.74 Å². The van der Waals surface area contributed by atoms with Gasteiger partial charge in [-0.1, -0.05) is 6.08 Å². The third kappa shape index (κ3) is 4.16. The predicted octanol–water partition coefficient (Wildman–Crippen LogP) is 3.50.